The summed E-state index contributed by atoms with van der Waals surface area (Å²) in [5.41, 5.74) is 0. The maximum Gasteiger partial charge on any atom is 0.0774 e. The minimum atomic E-state index is -0.674. The summed E-state index contributed by atoms with van der Waals surface area (Å²) in [5, 5.41) is 25.6. The van der Waals surface area contributed by atoms with E-state index in [4.69, 9.17) is 15.3 Å². The van der Waals surface area contributed by atoms with Crippen molar-refractivity contribution in [1.82, 2.24) is 0 Å². The van der Waals surface area contributed by atoms with Crippen molar-refractivity contribution in [2.75, 3.05) is 13.2 Å². The van der Waals surface area contributed by atoms with Crippen LogP contribution in [0.2, 0.25) is 0 Å². The Bertz CT molecular complexity index is 57.3. The summed E-state index contributed by atoms with van der Waals surface area (Å²) < 4.78 is 0. The van der Waals surface area contributed by atoms with Gasteiger partial charge in [-0.2, -0.15) is 0 Å². The van der Waals surface area contributed by atoms with Gasteiger partial charge in [0.05, 0.1) is 12.7 Å². The van der Waals surface area contributed by atoms with Crippen LogP contribution in [0.5, 0.6) is 0 Å². The van der Waals surface area contributed by atoms with Crippen LogP contribution in [0.1, 0.15) is 13.3 Å². The van der Waals surface area contributed by atoms with E-state index in [0.29, 0.717) is 6.42 Å². The van der Waals surface area contributed by atoms with Crippen molar-refractivity contribution >= 4 is 0 Å². The Hall–Kier alpha value is -0.120. The van der Waals surface area contributed by atoms with E-state index in [1.165, 1.54) is 0 Å². The summed E-state index contributed by atoms with van der Waals surface area (Å²) in [7, 11) is 0. The molecule has 0 radical (unpaired) electrons. The molecule has 9 heavy (non-hydrogen) atoms. The van der Waals surface area contributed by atoms with Crippen LogP contribution >= 0.6 is 0 Å². The molecule has 0 aliphatic carbocycles. The molecule has 0 rings (SSSR count). The third kappa shape index (κ3) is 4.39. The number of hydrogen-bond acceptors (Lipinski definition) is 3. The molecular formula is C6H14O3. The van der Waals surface area contributed by atoms with Crippen LogP contribution in [0.15, 0.2) is 0 Å². The quantitative estimate of drug-likeness (QED) is 0.479. The molecule has 0 aromatic carbocycles. The number of rotatable bonds is 4. The van der Waals surface area contributed by atoms with Crippen molar-refractivity contribution in [1.29, 1.82) is 0 Å². The standard InChI is InChI=1S/C6H14O3/c1-5(3-7)2-6(9)4-8/h5-9H,2-4H2,1H3. The molecule has 2 unspecified atom stereocenters. The zero-order valence-corrected chi connectivity index (χ0v) is 5.62. The van der Waals surface area contributed by atoms with Gasteiger partial charge in [-0.15, -0.1) is 0 Å². The lowest BCUT2D eigenvalue weighted by atomic mass is 10.1. The van der Waals surface area contributed by atoms with E-state index in [-0.39, 0.29) is 19.1 Å². The first kappa shape index (κ1) is 8.88. The molecule has 0 amide bonds. The highest BCUT2D eigenvalue weighted by Crippen LogP contribution is 2.03. The first-order chi connectivity index (χ1) is 4.20. The Morgan fingerprint density at radius 3 is 2.11 bits per heavy atom. The van der Waals surface area contributed by atoms with Crippen LogP contribution in [0.25, 0.3) is 0 Å². The molecular weight excluding hydrogens is 120 g/mol. The Balaban J connectivity index is 3.22. The Kier molecular flexibility index (Phi) is 4.67. The molecule has 0 bridgehead atoms. The molecule has 0 aliphatic heterocycles. The lowest BCUT2D eigenvalue weighted by molar-refractivity contribution is 0.0660. The highest BCUT2D eigenvalue weighted by atomic mass is 16.3. The van der Waals surface area contributed by atoms with E-state index in [0.717, 1.165) is 0 Å². The number of aliphatic hydroxyl groups is 3. The molecule has 3 heteroatoms. The fourth-order valence-electron chi connectivity index (χ4n) is 0.614. The van der Waals surface area contributed by atoms with Crippen LogP contribution in [0.4, 0.5) is 0 Å². The average Bonchev–Trinajstić information content (AvgIpc) is 1.87. The fourth-order valence-corrected chi connectivity index (χ4v) is 0.614. The van der Waals surface area contributed by atoms with Gasteiger partial charge < -0.3 is 15.3 Å². The van der Waals surface area contributed by atoms with Gasteiger partial charge in [0, 0.05) is 6.61 Å². The minimum absolute atomic E-state index is 0.0665. The number of hydrogen-bond donors (Lipinski definition) is 3. The van der Waals surface area contributed by atoms with Gasteiger partial charge >= 0.3 is 0 Å². The van der Waals surface area contributed by atoms with Crippen molar-refractivity contribution in [3.8, 4) is 0 Å². The van der Waals surface area contributed by atoms with Gasteiger partial charge in [-0.3, -0.25) is 0 Å². The Labute approximate surface area is 54.9 Å². The zero-order valence-electron chi connectivity index (χ0n) is 5.62. The lowest BCUT2D eigenvalue weighted by Gasteiger charge is -2.10. The third-order valence-electron chi connectivity index (χ3n) is 1.20. The molecule has 0 aromatic heterocycles. The molecule has 0 aliphatic rings. The molecule has 3 N–H and O–H groups in total. The van der Waals surface area contributed by atoms with E-state index in [1.54, 1.807) is 0 Å². The van der Waals surface area contributed by atoms with Crippen LogP contribution in [-0.2, 0) is 0 Å². The van der Waals surface area contributed by atoms with E-state index < -0.39 is 6.10 Å². The zero-order chi connectivity index (χ0) is 7.28. The van der Waals surface area contributed by atoms with Crippen molar-refractivity contribution in [3.05, 3.63) is 0 Å². The van der Waals surface area contributed by atoms with Gasteiger partial charge in [-0.25, -0.2) is 0 Å². The third-order valence-corrected chi connectivity index (χ3v) is 1.20. The second kappa shape index (κ2) is 4.73. The molecule has 0 saturated carbocycles. The van der Waals surface area contributed by atoms with Gasteiger partial charge in [0.25, 0.3) is 0 Å². The van der Waals surface area contributed by atoms with Crippen molar-refractivity contribution in [2.45, 2.75) is 19.4 Å². The fraction of sp³-hybridized carbons (Fsp3) is 1.00. The Morgan fingerprint density at radius 1 is 1.22 bits per heavy atom. The summed E-state index contributed by atoms with van der Waals surface area (Å²) >= 11 is 0. The van der Waals surface area contributed by atoms with Gasteiger partial charge in [0.15, 0.2) is 0 Å². The first-order valence-corrected chi connectivity index (χ1v) is 3.10. The van der Waals surface area contributed by atoms with Gasteiger partial charge in [-0.1, -0.05) is 6.92 Å². The maximum absolute atomic E-state index is 8.80. The van der Waals surface area contributed by atoms with Gasteiger partial charge in [0.1, 0.15) is 0 Å². The summed E-state index contributed by atoms with van der Waals surface area (Å²) in [4.78, 5) is 0. The predicted molar refractivity (Wildman–Crippen MR) is 34.0 cm³/mol. The van der Waals surface area contributed by atoms with Crippen LogP contribution in [0, 0.1) is 5.92 Å². The molecule has 0 fully saturated rings. The summed E-state index contributed by atoms with van der Waals surface area (Å²) in [6.45, 7) is 1.67. The van der Waals surface area contributed by atoms with Crippen molar-refractivity contribution in [2.24, 2.45) is 5.92 Å². The van der Waals surface area contributed by atoms with Gasteiger partial charge in [0.2, 0.25) is 0 Å². The van der Waals surface area contributed by atoms with E-state index in [2.05, 4.69) is 0 Å². The largest absolute Gasteiger partial charge is 0.396 e. The molecule has 2 atom stereocenters. The van der Waals surface area contributed by atoms with Crippen LogP contribution in [0.3, 0.4) is 0 Å². The highest BCUT2D eigenvalue weighted by Gasteiger charge is 2.06. The molecule has 0 saturated heterocycles. The smallest absolute Gasteiger partial charge is 0.0774 e. The average molecular weight is 134 g/mol. The topological polar surface area (TPSA) is 60.7 Å². The van der Waals surface area contributed by atoms with E-state index >= 15 is 0 Å². The predicted octanol–water partition coefficient (Wildman–Crippen LogP) is -0.642. The van der Waals surface area contributed by atoms with Gasteiger partial charge in [-0.05, 0) is 12.3 Å². The monoisotopic (exact) mass is 134 g/mol. The maximum atomic E-state index is 8.80. The van der Waals surface area contributed by atoms with Crippen LogP contribution < -0.4 is 0 Å². The second-order valence-electron chi connectivity index (χ2n) is 2.36. The molecule has 0 spiro atoms. The van der Waals surface area contributed by atoms with Crippen molar-refractivity contribution < 1.29 is 15.3 Å². The lowest BCUT2D eigenvalue weighted by Crippen LogP contribution is -2.17. The second-order valence-corrected chi connectivity index (χ2v) is 2.36. The summed E-state index contributed by atoms with van der Waals surface area (Å²) in [6.07, 6.45) is -0.209. The first-order valence-electron chi connectivity index (χ1n) is 3.10. The molecule has 0 aromatic rings. The minimum Gasteiger partial charge on any atom is -0.396 e. The normalized spacial score (nSPS) is 17.3. The Morgan fingerprint density at radius 2 is 1.78 bits per heavy atom. The highest BCUT2D eigenvalue weighted by molar-refractivity contribution is 4.57. The number of aliphatic hydroxyl groups excluding tert-OH is 3. The molecule has 3 nitrogen and oxygen atoms in total. The summed E-state index contributed by atoms with van der Waals surface area (Å²) in [6, 6.07) is 0. The molecule has 0 heterocycles. The van der Waals surface area contributed by atoms with Crippen molar-refractivity contribution in [3.63, 3.8) is 0 Å². The molecule has 56 valence electrons. The van der Waals surface area contributed by atoms with Crippen LogP contribution in [-0.4, -0.2) is 34.6 Å². The van der Waals surface area contributed by atoms with E-state index in [9.17, 15) is 0 Å². The van der Waals surface area contributed by atoms with E-state index in [1.807, 2.05) is 6.92 Å². The summed E-state index contributed by atoms with van der Waals surface area (Å²) in [5.74, 6) is 0.0761. The SMILES string of the molecule is CC(CO)CC(O)CO.